The number of hydrogen-bond acceptors (Lipinski definition) is 2. The van der Waals surface area contributed by atoms with Crippen molar-refractivity contribution in [2.45, 2.75) is 6.11 Å². The summed E-state index contributed by atoms with van der Waals surface area (Å²) in [6.07, 6.45) is -4.28. The van der Waals surface area contributed by atoms with Crippen molar-refractivity contribution in [2.24, 2.45) is 0 Å². The van der Waals surface area contributed by atoms with Crippen LogP contribution in [0.15, 0.2) is 54.6 Å². The molecule has 0 amide bonds. The van der Waals surface area contributed by atoms with Gasteiger partial charge in [0.05, 0.1) is 0 Å². The second-order valence-corrected chi connectivity index (χ2v) is 5.35. The number of halogens is 2. The minimum absolute atomic E-state index is 0.144. The first-order valence-corrected chi connectivity index (χ1v) is 6.94. The molecule has 5 heteroatoms. The molecule has 0 bridgehead atoms. The van der Waals surface area contributed by atoms with Gasteiger partial charge in [0.15, 0.2) is 0 Å². The molecule has 114 valence electrons. The number of benzene rings is 4. The van der Waals surface area contributed by atoms with Crippen molar-refractivity contribution in [1.82, 2.24) is 0 Å². The molecule has 0 atom stereocenters. The molecular weight excluding hydrogens is 302 g/mol. The Hall–Kier alpha value is -2.95. The van der Waals surface area contributed by atoms with Crippen LogP contribution in [0, 0.1) is 0 Å². The van der Waals surface area contributed by atoms with Gasteiger partial charge in [-0.1, -0.05) is 48.5 Å². The van der Waals surface area contributed by atoms with Crippen LogP contribution in [-0.4, -0.2) is 17.2 Å². The molecule has 4 aromatic carbocycles. The maximum atomic E-state index is 13.5. The second-order valence-electron chi connectivity index (χ2n) is 5.35. The van der Waals surface area contributed by atoms with Gasteiger partial charge in [-0.2, -0.15) is 8.78 Å². The molecule has 0 saturated heterocycles. The van der Waals surface area contributed by atoms with E-state index in [4.69, 9.17) is 5.11 Å². The van der Waals surface area contributed by atoms with Crippen LogP contribution >= 0.6 is 0 Å². The van der Waals surface area contributed by atoms with Crippen molar-refractivity contribution < 1.29 is 23.4 Å². The summed E-state index contributed by atoms with van der Waals surface area (Å²) in [5.74, 6) is -2.46. The van der Waals surface area contributed by atoms with Crippen molar-refractivity contribution in [2.75, 3.05) is 0 Å². The number of carboxylic acids is 1. The number of carbonyl (C=O) groups is 1. The van der Waals surface area contributed by atoms with Gasteiger partial charge < -0.3 is 9.84 Å². The summed E-state index contributed by atoms with van der Waals surface area (Å²) in [6.45, 7) is 0. The van der Waals surface area contributed by atoms with E-state index in [0.29, 0.717) is 5.39 Å². The predicted octanol–water partition coefficient (Wildman–Crippen LogP) is 4.64. The summed E-state index contributed by atoms with van der Waals surface area (Å²) in [5.41, 5.74) is 0. The molecule has 0 aromatic heterocycles. The molecule has 4 rings (SSSR count). The highest BCUT2D eigenvalue weighted by atomic mass is 19.3. The molecule has 4 aromatic rings. The molecule has 0 unspecified atom stereocenters. The van der Waals surface area contributed by atoms with E-state index >= 15 is 0 Å². The molecule has 0 fully saturated rings. The molecule has 0 aliphatic carbocycles. The van der Waals surface area contributed by atoms with Gasteiger partial charge in [0.1, 0.15) is 5.75 Å². The van der Waals surface area contributed by atoms with E-state index < -0.39 is 12.1 Å². The van der Waals surface area contributed by atoms with Crippen molar-refractivity contribution in [3.63, 3.8) is 0 Å². The normalized spacial score (nSPS) is 12.3. The maximum Gasteiger partial charge on any atom is 0.501 e. The largest absolute Gasteiger partial charge is 0.501 e. The quantitative estimate of drug-likeness (QED) is 0.561. The smallest absolute Gasteiger partial charge is 0.474 e. The van der Waals surface area contributed by atoms with Crippen LogP contribution in [0.4, 0.5) is 8.78 Å². The molecule has 0 aliphatic rings. The summed E-state index contributed by atoms with van der Waals surface area (Å²) in [4.78, 5) is 10.7. The molecule has 0 spiro atoms. The molecular formula is C18H10F2O3. The van der Waals surface area contributed by atoms with Crippen LogP contribution in [0.25, 0.3) is 32.3 Å². The van der Waals surface area contributed by atoms with Crippen LogP contribution in [-0.2, 0) is 4.79 Å². The van der Waals surface area contributed by atoms with Crippen molar-refractivity contribution >= 4 is 38.3 Å². The Morgan fingerprint density at radius 2 is 1.52 bits per heavy atom. The van der Waals surface area contributed by atoms with Crippen LogP contribution < -0.4 is 4.74 Å². The van der Waals surface area contributed by atoms with Gasteiger partial charge in [-0.25, -0.2) is 4.79 Å². The van der Waals surface area contributed by atoms with E-state index in [1.165, 1.54) is 6.07 Å². The van der Waals surface area contributed by atoms with Gasteiger partial charge in [-0.05, 0) is 27.6 Å². The van der Waals surface area contributed by atoms with E-state index in [0.717, 1.165) is 26.9 Å². The number of ether oxygens (including phenoxy) is 1. The van der Waals surface area contributed by atoms with E-state index in [9.17, 15) is 13.6 Å². The number of rotatable bonds is 3. The van der Waals surface area contributed by atoms with E-state index in [1.807, 2.05) is 30.3 Å². The van der Waals surface area contributed by atoms with Gasteiger partial charge in [0.2, 0.25) is 0 Å². The zero-order chi connectivity index (χ0) is 16.2. The average molecular weight is 312 g/mol. The third kappa shape index (κ3) is 1.97. The molecule has 0 radical (unpaired) electrons. The highest BCUT2D eigenvalue weighted by molar-refractivity contribution is 6.24. The molecule has 0 aliphatic heterocycles. The first-order chi connectivity index (χ1) is 11.0. The summed E-state index contributed by atoms with van der Waals surface area (Å²) in [5, 5.41) is 13.4. The Morgan fingerprint density at radius 3 is 2.22 bits per heavy atom. The van der Waals surface area contributed by atoms with Crippen molar-refractivity contribution in [3.8, 4) is 5.75 Å². The first kappa shape index (κ1) is 13.7. The Kier molecular flexibility index (Phi) is 2.69. The lowest BCUT2D eigenvalue weighted by Crippen LogP contribution is -2.34. The number of alkyl halides is 2. The predicted molar refractivity (Wildman–Crippen MR) is 83.4 cm³/mol. The van der Waals surface area contributed by atoms with Gasteiger partial charge in [-0.3, -0.25) is 0 Å². The average Bonchev–Trinajstić information content (AvgIpc) is 2.53. The Labute approximate surface area is 129 Å². The number of aliphatic carboxylic acids is 1. The van der Waals surface area contributed by atoms with Gasteiger partial charge in [0, 0.05) is 10.8 Å². The van der Waals surface area contributed by atoms with Crippen LogP contribution in [0.2, 0.25) is 0 Å². The fourth-order valence-corrected chi connectivity index (χ4v) is 2.99. The first-order valence-electron chi connectivity index (χ1n) is 6.94. The summed E-state index contributed by atoms with van der Waals surface area (Å²) < 4.78 is 31.6. The van der Waals surface area contributed by atoms with E-state index in [-0.39, 0.29) is 5.75 Å². The summed E-state index contributed by atoms with van der Waals surface area (Å²) in [7, 11) is 0. The summed E-state index contributed by atoms with van der Waals surface area (Å²) >= 11 is 0. The topological polar surface area (TPSA) is 46.5 Å². The molecule has 3 nitrogen and oxygen atoms in total. The van der Waals surface area contributed by atoms with Crippen LogP contribution in [0.5, 0.6) is 5.75 Å². The molecule has 1 N–H and O–H groups in total. The zero-order valence-corrected chi connectivity index (χ0v) is 11.7. The van der Waals surface area contributed by atoms with Crippen molar-refractivity contribution in [3.05, 3.63) is 54.6 Å². The third-order valence-electron chi connectivity index (χ3n) is 3.96. The molecule has 0 heterocycles. The lowest BCUT2D eigenvalue weighted by atomic mass is 9.94. The van der Waals surface area contributed by atoms with Gasteiger partial charge in [0.25, 0.3) is 0 Å². The van der Waals surface area contributed by atoms with E-state index in [2.05, 4.69) is 4.74 Å². The lowest BCUT2D eigenvalue weighted by molar-refractivity contribution is -0.210. The summed E-state index contributed by atoms with van der Waals surface area (Å²) in [6, 6.07) is 16.2. The Morgan fingerprint density at radius 1 is 0.913 bits per heavy atom. The fraction of sp³-hybridized carbons (Fsp3) is 0.0556. The second kappa shape index (κ2) is 4.52. The monoisotopic (exact) mass is 312 g/mol. The molecule has 0 saturated carbocycles. The maximum absolute atomic E-state index is 13.5. The minimum atomic E-state index is -4.28. The fourth-order valence-electron chi connectivity index (χ4n) is 2.99. The zero-order valence-electron chi connectivity index (χ0n) is 11.7. The number of carboxylic acid groups (broad SMARTS) is 1. The number of hydrogen-bond donors (Lipinski definition) is 1. The Bertz CT molecular complexity index is 1060. The lowest BCUT2D eigenvalue weighted by Gasteiger charge is -2.18. The van der Waals surface area contributed by atoms with Crippen molar-refractivity contribution in [1.29, 1.82) is 0 Å². The van der Waals surface area contributed by atoms with Gasteiger partial charge >= 0.3 is 12.1 Å². The SMILES string of the molecule is O=C(O)C(F)(F)Oc1cc2cccc3ccc4cccc1c4c32. The minimum Gasteiger partial charge on any atom is -0.474 e. The molecule has 23 heavy (non-hydrogen) atoms. The van der Waals surface area contributed by atoms with Gasteiger partial charge in [-0.15, -0.1) is 0 Å². The van der Waals surface area contributed by atoms with Crippen LogP contribution in [0.1, 0.15) is 0 Å². The third-order valence-corrected chi connectivity index (χ3v) is 3.96. The van der Waals surface area contributed by atoms with Crippen LogP contribution in [0.3, 0.4) is 0 Å². The standard InChI is InChI=1S/C18H10F2O3/c19-18(20,17(21)22)23-14-9-12-5-1-3-10-7-8-11-4-2-6-13(14)16(11)15(10)12/h1-9H,(H,21,22). The Balaban J connectivity index is 2.10. The highest BCUT2D eigenvalue weighted by Gasteiger charge is 2.42. The van der Waals surface area contributed by atoms with E-state index in [1.54, 1.807) is 18.2 Å². The highest BCUT2D eigenvalue weighted by Crippen LogP contribution is 2.40.